The van der Waals surface area contributed by atoms with E-state index in [1.807, 2.05) is 29.9 Å². The van der Waals surface area contributed by atoms with E-state index < -0.39 is 5.82 Å². The summed E-state index contributed by atoms with van der Waals surface area (Å²) < 4.78 is 15.7. The normalized spacial score (nSPS) is 16.3. The minimum Gasteiger partial charge on any atom is -0.337 e. The van der Waals surface area contributed by atoms with Crippen molar-refractivity contribution in [2.75, 3.05) is 0 Å². The molecule has 0 bridgehead atoms. The number of halogens is 1. The molecule has 0 unspecified atom stereocenters. The van der Waals surface area contributed by atoms with Gasteiger partial charge in [0.25, 0.3) is 0 Å². The van der Waals surface area contributed by atoms with E-state index in [0.717, 1.165) is 24.1 Å². The number of nitriles is 1. The Morgan fingerprint density at radius 3 is 2.72 bits per heavy atom. The van der Waals surface area contributed by atoms with Crippen molar-refractivity contribution >= 4 is 0 Å². The summed E-state index contributed by atoms with van der Waals surface area (Å²) in [6.45, 7) is 0. The van der Waals surface area contributed by atoms with Crippen LogP contribution in [0.15, 0.2) is 30.7 Å². The highest BCUT2D eigenvalue weighted by Crippen LogP contribution is 2.53. The molecule has 3 nitrogen and oxygen atoms in total. The van der Waals surface area contributed by atoms with Crippen LogP contribution < -0.4 is 0 Å². The molecule has 1 heterocycles. The summed E-state index contributed by atoms with van der Waals surface area (Å²) in [5.41, 5.74) is 2.02. The molecule has 1 aliphatic carbocycles. The first-order valence-electron chi connectivity index (χ1n) is 5.84. The van der Waals surface area contributed by atoms with Gasteiger partial charge in [-0.05, 0) is 30.5 Å². The van der Waals surface area contributed by atoms with Crippen LogP contribution in [0.4, 0.5) is 4.39 Å². The van der Waals surface area contributed by atoms with Gasteiger partial charge in [-0.25, -0.2) is 9.37 Å². The van der Waals surface area contributed by atoms with Crippen molar-refractivity contribution in [1.82, 2.24) is 9.55 Å². The second kappa shape index (κ2) is 3.67. The standard InChI is InChI=1S/C14H12FN3/c1-18-9-17-8-13(18)14(4-5-14)11-3-2-10(7-16)12(15)6-11/h2-3,6,8-9H,4-5H2,1H3. The third-order valence-electron chi connectivity index (χ3n) is 3.70. The Labute approximate surface area is 105 Å². The van der Waals surface area contributed by atoms with Crippen molar-refractivity contribution in [1.29, 1.82) is 5.26 Å². The Balaban J connectivity index is 2.09. The molecule has 0 N–H and O–H groups in total. The Morgan fingerprint density at radius 1 is 1.44 bits per heavy atom. The quantitative estimate of drug-likeness (QED) is 0.810. The largest absolute Gasteiger partial charge is 0.337 e. The zero-order chi connectivity index (χ0) is 12.8. The maximum Gasteiger partial charge on any atom is 0.141 e. The van der Waals surface area contributed by atoms with Crippen LogP contribution in [0, 0.1) is 17.1 Å². The summed E-state index contributed by atoms with van der Waals surface area (Å²) in [6, 6.07) is 6.74. The van der Waals surface area contributed by atoms with Crippen molar-refractivity contribution in [3.05, 3.63) is 53.4 Å². The maximum atomic E-state index is 13.7. The number of hydrogen-bond donors (Lipinski definition) is 0. The Bertz CT molecular complexity index is 647. The van der Waals surface area contributed by atoms with E-state index in [-0.39, 0.29) is 11.0 Å². The van der Waals surface area contributed by atoms with Crippen LogP contribution in [-0.4, -0.2) is 9.55 Å². The van der Waals surface area contributed by atoms with Crippen LogP contribution in [0.25, 0.3) is 0 Å². The molecule has 1 aromatic heterocycles. The molecule has 2 aromatic rings. The molecular weight excluding hydrogens is 229 g/mol. The smallest absolute Gasteiger partial charge is 0.141 e. The summed E-state index contributed by atoms with van der Waals surface area (Å²) in [5, 5.41) is 8.75. The van der Waals surface area contributed by atoms with Gasteiger partial charge in [-0.2, -0.15) is 5.26 Å². The summed E-state index contributed by atoms with van der Waals surface area (Å²) >= 11 is 0. The van der Waals surface area contributed by atoms with Crippen LogP contribution >= 0.6 is 0 Å². The van der Waals surface area contributed by atoms with Gasteiger partial charge in [0.15, 0.2) is 0 Å². The molecule has 18 heavy (non-hydrogen) atoms. The molecule has 0 spiro atoms. The van der Waals surface area contributed by atoms with E-state index in [1.54, 1.807) is 12.4 Å². The van der Waals surface area contributed by atoms with Crippen LogP contribution in [0.3, 0.4) is 0 Å². The van der Waals surface area contributed by atoms with Gasteiger partial charge in [-0.15, -0.1) is 0 Å². The van der Waals surface area contributed by atoms with Gasteiger partial charge in [-0.1, -0.05) is 6.07 Å². The van der Waals surface area contributed by atoms with Gasteiger partial charge >= 0.3 is 0 Å². The summed E-state index contributed by atoms with van der Waals surface area (Å²) in [6.07, 6.45) is 5.59. The van der Waals surface area contributed by atoms with Crippen molar-refractivity contribution < 1.29 is 4.39 Å². The van der Waals surface area contributed by atoms with Crippen molar-refractivity contribution in [3.63, 3.8) is 0 Å². The van der Waals surface area contributed by atoms with E-state index in [1.165, 1.54) is 6.07 Å². The first-order valence-corrected chi connectivity index (χ1v) is 5.84. The van der Waals surface area contributed by atoms with Gasteiger partial charge < -0.3 is 4.57 Å². The molecule has 1 fully saturated rings. The average Bonchev–Trinajstić information content (AvgIpc) is 3.06. The minimum atomic E-state index is -0.441. The molecule has 0 atom stereocenters. The van der Waals surface area contributed by atoms with Crippen molar-refractivity contribution in [3.8, 4) is 6.07 Å². The molecular formula is C14H12FN3. The topological polar surface area (TPSA) is 41.6 Å². The number of aromatic nitrogens is 2. The van der Waals surface area contributed by atoms with E-state index in [4.69, 9.17) is 5.26 Å². The fraction of sp³-hybridized carbons (Fsp3) is 0.286. The number of imidazole rings is 1. The summed E-state index contributed by atoms with van der Waals surface area (Å²) in [7, 11) is 1.95. The molecule has 0 amide bonds. The number of hydrogen-bond acceptors (Lipinski definition) is 2. The third-order valence-corrected chi connectivity index (χ3v) is 3.70. The number of nitrogens with zero attached hydrogens (tertiary/aromatic N) is 3. The lowest BCUT2D eigenvalue weighted by atomic mass is 9.92. The highest BCUT2D eigenvalue weighted by atomic mass is 19.1. The Kier molecular flexibility index (Phi) is 2.24. The minimum absolute atomic E-state index is 0.0968. The molecule has 0 aliphatic heterocycles. The maximum absolute atomic E-state index is 13.7. The Morgan fingerprint density at radius 2 is 2.22 bits per heavy atom. The van der Waals surface area contributed by atoms with Crippen molar-refractivity contribution in [2.45, 2.75) is 18.3 Å². The molecule has 1 aromatic carbocycles. The second-order valence-electron chi connectivity index (χ2n) is 4.78. The van der Waals surface area contributed by atoms with Crippen molar-refractivity contribution in [2.24, 2.45) is 7.05 Å². The van der Waals surface area contributed by atoms with E-state index >= 15 is 0 Å². The van der Waals surface area contributed by atoms with Gasteiger partial charge in [0.2, 0.25) is 0 Å². The van der Waals surface area contributed by atoms with Gasteiger partial charge in [0, 0.05) is 24.4 Å². The summed E-state index contributed by atoms with van der Waals surface area (Å²) in [4.78, 5) is 4.13. The van der Waals surface area contributed by atoms with E-state index in [0.29, 0.717) is 0 Å². The highest BCUT2D eigenvalue weighted by molar-refractivity contribution is 5.45. The molecule has 1 saturated carbocycles. The fourth-order valence-electron chi connectivity index (χ4n) is 2.54. The van der Waals surface area contributed by atoms with Crippen LogP contribution in [0.5, 0.6) is 0 Å². The van der Waals surface area contributed by atoms with Crippen LogP contribution in [-0.2, 0) is 12.5 Å². The van der Waals surface area contributed by atoms with E-state index in [2.05, 4.69) is 4.98 Å². The van der Waals surface area contributed by atoms with E-state index in [9.17, 15) is 4.39 Å². The first kappa shape index (κ1) is 11.0. The van der Waals surface area contributed by atoms with Crippen LogP contribution in [0.1, 0.15) is 29.7 Å². The SMILES string of the molecule is Cn1cncc1C1(c2ccc(C#N)c(F)c2)CC1. The van der Waals surface area contributed by atoms with Gasteiger partial charge in [0.1, 0.15) is 11.9 Å². The summed E-state index contributed by atoms with van der Waals surface area (Å²) in [5.74, 6) is -0.441. The average molecular weight is 241 g/mol. The first-order chi connectivity index (χ1) is 8.67. The zero-order valence-corrected chi connectivity index (χ0v) is 10.0. The fourth-order valence-corrected chi connectivity index (χ4v) is 2.54. The zero-order valence-electron chi connectivity index (χ0n) is 10.0. The highest BCUT2D eigenvalue weighted by Gasteiger charge is 2.48. The number of aryl methyl sites for hydroxylation is 1. The lowest BCUT2D eigenvalue weighted by Gasteiger charge is -2.16. The Hall–Kier alpha value is -2.15. The number of benzene rings is 1. The molecule has 90 valence electrons. The lowest BCUT2D eigenvalue weighted by molar-refractivity contribution is 0.616. The lowest BCUT2D eigenvalue weighted by Crippen LogP contribution is -2.13. The molecule has 1 aliphatic rings. The molecule has 0 saturated heterocycles. The predicted molar refractivity (Wildman–Crippen MR) is 64.3 cm³/mol. The van der Waals surface area contributed by atoms with Gasteiger partial charge in [-0.3, -0.25) is 0 Å². The van der Waals surface area contributed by atoms with Gasteiger partial charge in [0.05, 0.1) is 11.9 Å². The van der Waals surface area contributed by atoms with Crippen LogP contribution in [0.2, 0.25) is 0 Å². The number of rotatable bonds is 2. The molecule has 4 heteroatoms. The molecule has 0 radical (unpaired) electrons. The monoisotopic (exact) mass is 241 g/mol. The molecule has 3 rings (SSSR count). The third kappa shape index (κ3) is 1.44. The predicted octanol–water partition coefficient (Wildman–Crippen LogP) is 2.51. The second-order valence-corrected chi connectivity index (χ2v) is 4.78.